The van der Waals surface area contributed by atoms with E-state index in [2.05, 4.69) is 54.9 Å². The van der Waals surface area contributed by atoms with Gasteiger partial charge in [-0.1, -0.05) is 38.1 Å². The predicted molar refractivity (Wildman–Crippen MR) is 133 cm³/mol. The second-order valence-corrected chi connectivity index (χ2v) is 9.05. The molecule has 0 radical (unpaired) electrons. The monoisotopic (exact) mass is 466 g/mol. The molecule has 0 amide bonds. The topological polar surface area (TPSA) is 96.4 Å². The highest BCUT2D eigenvalue weighted by molar-refractivity contribution is 8.00. The molecule has 0 bridgehead atoms. The first-order valence-electron chi connectivity index (χ1n) is 10.9. The summed E-state index contributed by atoms with van der Waals surface area (Å²) in [7, 11) is 0. The number of aromatic nitrogens is 2. The molecule has 33 heavy (non-hydrogen) atoms. The Labute approximate surface area is 199 Å². The molecule has 1 aromatic heterocycles. The molecule has 3 rings (SSSR count). The van der Waals surface area contributed by atoms with Crippen molar-refractivity contribution in [2.24, 2.45) is 5.92 Å². The Morgan fingerprint density at radius 2 is 1.82 bits per heavy atom. The number of carboxylic acid groups (broad SMARTS) is 1. The minimum atomic E-state index is -0.965. The zero-order chi connectivity index (χ0) is 23.8. The van der Waals surface area contributed by atoms with Crippen molar-refractivity contribution in [2.45, 2.75) is 32.6 Å². The average molecular weight is 467 g/mol. The number of ether oxygens (including phenoxy) is 1. The lowest BCUT2D eigenvalue weighted by molar-refractivity contribution is 0.0696. The highest BCUT2D eigenvalue weighted by atomic mass is 32.2. The standard InChI is InChI=1S/C25H30N4O3S/c1-16(2)15-26-11-12-32-22-14-21(23-17(3)7-5-8-18(23)4)27-25(28-22)29-33-20-10-6-9-19(13-20)24(30)31/h5-10,13-14,16,26H,11-12,15H2,1-4H3,(H,30,31)(H,27,28,29). The zero-order valence-corrected chi connectivity index (χ0v) is 20.2. The number of aryl methyl sites for hydroxylation is 2. The van der Waals surface area contributed by atoms with Gasteiger partial charge >= 0.3 is 5.97 Å². The van der Waals surface area contributed by atoms with Crippen LogP contribution in [0.5, 0.6) is 5.88 Å². The van der Waals surface area contributed by atoms with Crippen LogP contribution in [0.25, 0.3) is 11.3 Å². The fourth-order valence-electron chi connectivity index (χ4n) is 3.31. The Hall–Kier alpha value is -3.10. The number of carboxylic acids is 1. The molecule has 8 heteroatoms. The third-order valence-electron chi connectivity index (χ3n) is 4.86. The van der Waals surface area contributed by atoms with E-state index in [9.17, 15) is 9.90 Å². The molecular formula is C25H30N4O3S. The van der Waals surface area contributed by atoms with Gasteiger partial charge in [-0.25, -0.2) is 9.78 Å². The van der Waals surface area contributed by atoms with E-state index in [1.807, 2.05) is 18.2 Å². The maximum absolute atomic E-state index is 11.2. The van der Waals surface area contributed by atoms with Gasteiger partial charge in [-0.3, -0.25) is 4.72 Å². The SMILES string of the molecule is Cc1cccc(C)c1-c1cc(OCCNCC(C)C)nc(NSc2cccc(C(=O)O)c2)n1. The Morgan fingerprint density at radius 3 is 2.52 bits per heavy atom. The van der Waals surface area contributed by atoms with Crippen LogP contribution >= 0.6 is 11.9 Å². The number of carbonyl (C=O) groups is 1. The molecule has 2 aromatic carbocycles. The van der Waals surface area contributed by atoms with E-state index >= 15 is 0 Å². The number of aromatic carboxylic acids is 1. The Bertz CT molecular complexity index is 1080. The Balaban J connectivity index is 1.82. The summed E-state index contributed by atoms with van der Waals surface area (Å²) in [5.41, 5.74) is 4.28. The van der Waals surface area contributed by atoms with E-state index in [0.29, 0.717) is 24.4 Å². The van der Waals surface area contributed by atoms with E-state index in [1.165, 1.54) is 11.9 Å². The third-order valence-corrected chi connectivity index (χ3v) is 5.64. The molecule has 0 spiro atoms. The summed E-state index contributed by atoms with van der Waals surface area (Å²) >= 11 is 1.26. The third kappa shape index (κ3) is 7.20. The molecular weight excluding hydrogens is 436 g/mol. The normalized spacial score (nSPS) is 10.9. The zero-order valence-electron chi connectivity index (χ0n) is 19.4. The molecule has 1 heterocycles. The summed E-state index contributed by atoms with van der Waals surface area (Å²) in [5.74, 6) is 0.488. The molecule has 0 aliphatic rings. The smallest absolute Gasteiger partial charge is 0.335 e. The number of anilines is 1. The number of hydrogen-bond acceptors (Lipinski definition) is 7. The number of hydrogen-bond donors (Lipinski definition) is 3. The highest BCUT2D eigenvalue weighted by Crippen LogP contribution is 2.30. The fourth-order valence-corrected chi connectivity index (χ4v) is 3.94. The van der Waals surface area contributed by atoms with E-state index in [0.717, 1.165) is 40.4 Å². The molecule has 3 N–H and O–H groups in total. The average Bonchev–Trinajstić information content (AvgIpc) is 2.77. The molecule has 0 fully saturated rings. The van der Waals surface area contributed by atoms with Crippen LogP contribution < -0.4 is 14.8 Å². The molecule has 0 atom stereocenters. The minimum absolute atomic E-state index is 0.227. The second-order valence-electron chi connectivity index (χ2n) is 8.17. The summed E-state index contributed by atoms with van der Waals surface area (Å²) in [4.78, 5) is 21.2. The quantitative estimate of drug-likeness (QED) is 0.262. The van der Waals surface area contributed by atoms with Crippen LogP contribution in [0.15, 0.2) is 53.4 Å². The van der Waals surface area contributed by atoms with Crippen LogP contribution in [0.1, 0.15) is 35.3 Å². The van der Waals surface area contributed by atoms with Crippen LogP contribution in [0.4, 0.5) is 5.95 Å². The van der Waals surface area contributed by atoms with Gasteiger partial charge < -0.3 is 15.2 Å². The van der Waals surface area contributed by atoms with Crippen molar-refractivity contribution in [1.82, 2.24) is 15.3 Å². The van der Waals surface area contributed by atoms with Crippen molar-refractivity contribution in [1.29, 1.82) is 0 Å². The van der Waals surface area contributed by atoms with Crippen molar-refractivity contribution in [3.63, 3.8) is 0 Å². The van der Waals surface area contributed by atoms with Gasteiger partial charge in [0, 0.05) is 23.1 Å². The fraction of sp³-hybridized carbons (Fsp3) is 0.320. The van der Waals surface area contributed by atoms with E-state index in [4.69, 9.17) is 9.72 Å². The summed E-state index contributed by atoms with van der Waals surface area (Å²) in [6.07, 6.45) is 0. The van der Waals surface area contributed by atoms with E-state index in [1.54, 1.807) is 18.2 Å². The lowest BCUT2D eigenvalue weighted by Gasteiger charge is -2.14. The maximum atomic E-state index is 11.2. The van der Waals surface area contributed by atoms with Gasteiger partial charge in [0.25, 0.3) is 0 Å². The van der Waals surface area contributed by atoms with Crippen LogP contribution in [0.3, 0.4) is 0 Å². The van der Waals surface area contributed by atoms with Gasteiger partial charge in [-0.05, 0) is 67.6 Å². The van der Waals surface area contributed by atoms with E-state index < -0.39 is 5.97 Å². The number of nitrogens with zero attached hydrogens (tertiary/aromatic N) is 2. The molecule has 174 valence electrons. The first-order chi connectivity index (χ1) is 15.8. The molecule has 0 unspecified atom stereocenters. The molecule has 0 aliphatic heterocycles. The van der Waals surface area contributed by atoms with Crippen LogP contribution in [0.2, 0.25) is 0 Å². The molecule has 7 nitrogen and oxygen atoms in total. The molecule has 0 saturated carbocycles. The number of benzene rings is 2. The predicted octanol–water partition coefficient (Wildman–Crippen LogP) is 5.20. The number of nitrogens with one attached hydrogen (secondary N) is 2. The first kappa shape index (κ1) is 24.5. The first-order valence-corrected chi connectivity index (χ1v) is 11.7. The van der Waals surface area contributed by atoms with Crippen LogP contribution in [0, 0.1) is 19.8 Å². The van der Waals surface area contributed by atoms with Crippen LogP contribution in [-0.2, 0) is 0 Å². The second kappa shape index (κ2) is 11.7. The summed E-state index contributed by atoms with van der Waals surface area (Å²) in [6.45, 7) is 10.6. The van der Waals surface area contributed by atoms with E-state index in [-0.39, 0.29) is 5.56 Å². The van der Waals surface area contributed by atoms with Crippen LogP contribution in [-0.4, -0.2) is 40.7 Å². The van der Waals surface area contributed by atoms with Crippen molar-refractivity contribution < 1.29 is 14.6 Å². The lowest BCUT2D eigenvalue weighted by atomic mass is 10.00. The Morgan fingerprint density at radius 1 is 1.09 bits per heavy atom. The van der Waals surface area contributed by atoms with Gasteiger partial charge in [0.2, 0.25) is 11.8 Å². The highest BCUT2D eigenvalue weighted by Gasteiger charge is 2.13. The summed E-state index contributed by atoms with van der Waals surface area (Å²) in [6, 6.07) is 14.7. The molecule has 0 aliphatic carbocycles. The van der Waals surface area contributed by atoms with Gasteiger partial charge in [-0.15, -0.1) is 0 Å². The molecule has 0 saturated heterocycles. The maximum Gasteiger partial charge on any atom is 0.335 e. The van der Waals surface area contributed by atoms with Gasteiger partial charge in [-0.2, -0.15) is 4.98 Å². The van der Waals surface area contributed by atoms with Gasteiger partial charge in [0.15, 0.2) is 0 Å². The lowest BCUT2D eigenvalue weighted by Crippen LogP contribution is -2.25. The summed E-state index contributed by atoms with van der Waals surface area (Å²) in [5, 5.41) is 12.6. The Kier molecular flexibility index (Phi) is 8.68. The van der Waals surface area contributed by atoms with Gasteiger partial charge in [0.05, 0.1) is 11.3 Å². The summed E-state index contributed by atoms with van der Waals surface area (Å²) < 4.78 is 9.07. The van der Waals surface area contributed by atoms with Gasteiger partial charge in [0.1, 0.15) is 6.61 Å². The van der Waals surface area contributed by atoms with Crippen molar-refractivity contribution in [3.8, 4) is 17.1 Å². The van der Waals surface area contributed by atoms with Crippen molar-refractivity contribution >= 4 is 23.9 Å². The largest absolute Gasteiger partial charge is 0.478 e. The minimum Gasteiger partial charge on any atom is -0.478 e. The van der Waals surface area contributed by atoms with Crippen molar-refractivity contribution in [3.05, 3.63) is 65.2 Å². The molecule has 3 aromatic rings. The van der Waals surface area contributed by atoms with Crippen molar-refractivity contribution in [2.75, 3.05) is 24.4 Å². The number of rotatable bonds is 11.